The Morgan fingerprint density at radius 3 is 2.43 bits per heavy atom. The van der Waals surface area contributed by atoms with E-state index >= 15 is 0 Å². The summed E-state index contributed by atoms with van der Waals surface area (Å²) in [6.45, 7) is 0.102. The molecule has 0 unspecified atom stereocenters. The molecule has 0 heterocycles. The third-order valence-corrected chi connectivity index (χ3v) is 3.56. The molecule has 0 bridgehead atoms. The zero-order valence-corrected chi connectivity index (χ0v) is 12.8. The minimum Gasteiger partial charge on any atom is -0.380 e. The smallest absolute Gasteiger partial charge is 0.380 e. The highest BCUT2D eigenvalue weighted by Crippen LogP contribution is 2.32. The van der Waals surface area contributed by atoms with Crippen LogP contribution in [0.3, 0.4) is 0 Å². The van der Waals surface area contributed by atoms with Gasteiger partial charge in [-0.25, -0.2) is 4.39 Å². The normalized spacial score (nSPS) is 11.5. The Hall–Kier alpha value is -1.27. The lowest BCUT2D eigenvalue weighted by atomic mass is 10.1. The van der Waals surface area contributed by atoms with Crippen LogP contribution in [0.5, 0.6) is 0 Å². The molecule has 0 saturated carbocycles. The lowest BCUT2D eigenvalue weighted by molar-refractivity contribution is -0.140. The number of benzene rings is 2. The highest BCUT2D eigenvalue weighted by atomic mass is 79.9. The van der Waals surface area contributed by atoms with Gasteiger partial charge in [-0.15, -0.1) is 0 Å². The van der Waals surface area contributed by atoms with E-state index in [4.69, 9.17) is 11.6 Å². The first kappa shape index (κ1) is 16.1. The minimum atomic E-state index is -4.71. The largest absolute Gasteiger partial charge is 0.419 e. The molecule has 0 aromatic heterocycles. The van der Waals surface area contributed by atoms with E-state index in [0.29, 0.717) is 16.3 Å². The number of hydrogen-bond donors (Lipinski definition) is 1. The van der Waals surface area contributed by atoms with Gasteiger partial charge in [-0.05, 0) is 35.9 Å². The summed E-state index contributed by atoms with van der Waals surface area (Å²) in [6.07, 6.45) is -4.71. The quantitative estimate of drug-likeness (QED) is 0.654. The van der Waals surface area contributed by atoms with E-state index in [9.17, 15) is 17.6 Å². The van der Waals surface area contributed by atoms with Gasteiger partial charge in [-0.2, -0.15) is 13.2 Å². The van der Waals surface area contributed by atoms with Crippen LogP contribution in [0.2, 0.25) is 5.02 Å². The summed E-state index contributed by atoms with van der Waals surface area (Å²) in [6, 6.07) is 8.00. The molecule has 0 fully saturated rings. The van der Waals surface area contributed by atoms with Crippen molar-refractivity contribution in [2.24, 2.45) is 0 Å². The second-order valence-corrected chi connectivity index (χ2v) is 5.61. The van der Waals surface area contributed by atoms with Crippen LogP contribution in [0.1, 0.15) is 11.1 Å². The average Bonchev–Trinajstić information content (AvgIpc) is 2.38. The summed E-state index contributed by atoms with van der Waals surface area (Å²) in [5, 5.41) is 3.34. The van der Waals surface area contributed by atoms with Gasteiger partial charge in [-0.1, -0.05) is 33.6 Å². The van der Waals surface area contributed by atoms with E-state index < -0.39 is 17.6 Å². The first-order chi connectivity index (χ1) is 9.77. The van der Waals surface area contributed by atoms with E-state index in [1.807, 2.05) is 0 Å². The van der Waals surface area contributed by atoms with Crippen LogP contribution >= 0.6 is 27.5 Å². The standard InChI is InChI=1S/C14H9BrClF4N/c15-9-2-4-13(11(16)6-9)21-7-8-1-3-12(17)10(5-8)14(18,19)20/h1-6,21H,7H2. The first-order valence-corrected chi connectivity index (χ1v) is 6.99. The maximum atomic E-state index is 13.2. The molecule has 0 saturated heterocycles. The van der Waals surface area contributed by atoms with Gasteiger partial charge in [0.1, 0.15) is 5.82 Å². The van der Waals surface area contributed by atoms with Crippen molar-refractivity contribution in [3.05, 3.63) is 62.8 Å². The molecule has 2 aromatic carbocycles. The van der Waals surface area contributed by atoms with E-state index in [1.165, 1.54) is 6.07 Å². The van der Waals surface area contributed by atoms with E-state index in [-0.39, 0.29) is 6.54 Å². The van der Waals surface area contributed by atoms with Crippen LogP contribution in [0.25, 0.3) is 0 Å². The first-order valence-electron chi connectivity index (χ1n) is 5.82. The van der Waals surface area contributed by atoms with E-state index in [0.717, 1.165) is 16.6 Å². The highest BCUT2D eigenvalue weighted by molar-refractivity contribution is 9.10. The monoisotopic (exact) mass is 381 g/mol. The molecule has 0 aliphatic carbocycles. The van der Waals surface area contributed by atoms with Crippen molar-refractivity contribution >= 4 is 33.2 Å². The Morgan fingerprint density at radius 2 is 1.81 bits per heavy atom. The molecule has 112 valence electrons. The van der Waals surface area contributed by atoms with Crippen molar-refractivity contribution in [2.45, 2.75) is 12.7 Å². The molecule has 0 aliphatic heterocycles. The predicted molar refractivity (Wildman–Crippen MR) is 77.9 cm³/mol. The van der Waals surface area contributed by atoms with Gasteiger partial charge in [0, 0.05) is 11.0 Å². The van der Waals surface area contributed by atoms with Crippen LogP contribution in [0.4, 0.5) is 23.2 Å². The third kappa shape index (κ3) is 4.11. The molecule has 0 radical (unpaired) electrons. The zero-order valence-electron chi connectivity index (χ0n) is 10.4. The van der Waals surface area contributed by atoms with Gasteiger partial charge in [0.15, 0.2) is 0 Å². The third-order valence-electron chi connectivity index (χ3n) is 2.75. The summed E-state index contributed by atoms with van der Waals surface area (Å²) < 4.78 is 51.8. The maximum Gasteiger partial charge on any atom is 0.419 e. The summed E-state index contributed by atoms with van der Waals surface area (Å²) >= 11 is 9.25. The molecule has 1 nitrogen and oxygen atoms in total. The van der Waals surface area contributed by atoms with Crippen LogP contribution in [-0.4, -0.2) is 0 Å². The molecule has 2 rings (SSSR count). The lowest BCUT2D eigenvalue weighted by Crippen LogP contribution is -2.10. The molecular weight excluding hydrogens is 374 g/mol. The number of halogens is 6. The van der Waals surface area contributed by atoms with Gasteiger partial charge >= 0.3 is 6.18 Å². The second kappa shape index (κ2) is 6.23. The van der Waals surface area contributed by atoms with Crippen molar-refractivity contribution in [3.63, 3.8) is 0 Å². The fourth-order valence-corrected chi connectivity index (χ4v) is 2.47. The Morgan fingerprint density at radius 1 is 1.10 bits per heavy atom. The minimum absolute atomic E-state index is 0.102. The fraction of sp³-hybridized carbons (Fsp3) is 0.143. The molecule has 1 N–H and O–H groups in total. The predicted octanol–water partition coefficient (Wildman–Crippen LogP) is 5.87. The number of hydrogen-bond acceptors (Lipinski definition) is 1. The summed E-state index contributed by atoms with van der Waals surface area (Å²) in [4.78, 5) is 0. The number of nitrogens with one attached hydrogen (secondary N) is 1. The van der Waals surface area contributed by atoms with Gasteiger partial charge in [0.25, 0.3) is 0 Å². The molecule has 0 spiro atoms. The van der Waals surface area contributed by atoms with Gasteiger partial charge in [-0.3, -0.25) is 0 Å². The van der Waals surface area contributed by atoms with Crippen molar-refractivity contribution in [2.75, 3.05) is 5.32 Å². The fourth-order valence-electron chi connectivity index (χ4n) is 1.73. The van der Waals surface area contributed by atoms with Gasteiger partial charge in [0.05, 0.1) is 16.3 Å². The van der Waals surface area contributed by atoms with Gasteiger partial charge in [0.2, 0.25) is 0 Å². The summed E-state index contributed by atoms with van der Waals surface area (Å²) in [5.41, 5.74) is -0.385. The van der Waals surface area contributed by atoms with Crippen molar-refractivity contribution in [3.8, 4) is 0 Å². The number of anilines is 1. The van der Waals surface area contributed by atoms with Crippen LogP contribution < -0.4 is 5.32 Å². The molecule has 0 amide bonds. The van der Waals surface area contributed by atoms with Crippen molar-refractivity contribution in [1.82, 2.24) is 0 Å². The number of rotatable bonds is 3. The average molecular weight is 383 g/mol. The summed E-state index contributed by atoms with van der Waals surface area (Å²) in [7, 11) is 0. The SMILES string of the molecule is Fc1ccc(CNc2ccc(Br)cc2Cl)cc1C(F)(F)F. The Kier molecular flexibility index (Phi) is 4.78. The Bertz CT molecular complexity index is 658. The summed E-state index contributed by atoms with van der Waals surface area (Å²) in [5.74, 6) is -1.28. The van der Waals surface area contributed by atoms with Crippen LogP contribution in [-0.2, 0) is 12.7 Å². The van der Waals surface area contributed by atoms with E-state index in [1.54, 1.807) is 18.2 Å². The molecular formula is C14H9BrClF4N. The Labute approximate surface area is 132 Å². The molecule has 2 aromatic rings. The van der Waals surface area contributed by atoms with Crippen molar-refractivity contribution in [1.29, 1.82) is 0 Å². The maximum absolute atomic E-state index is 13.2. The second-order valence-electron chi connectivity index (χ2n) is 4.29. The number of alkyl halides is 3. The van der Waals surface area contributed by atoms with Crippen molar-refractivity contribution < 1.29 is 17.6 Å². The molecule has 21 heavy (non-hydrogen) atoms. The van der Waals surface area contributed by atoms with Crippen LogP contribution in [0.15, 0.2) is 40.9 Å². The zero-order chi connectivity index (χ0) is 15.6. The highest BCUT2D eigenvalue weighted by Gasteiger charge is 2.34. The topological polar surface area (TPSA) is 12.0 Å². The Balaban J connectivity index is 2.17. The van der Waals surface area contributed by atoms with Crippen LogP contribution in [0, 0.1) is 5.82 Å². The lowest BCUT2D eigenvalue weighted by Gasteiger charge is -2.12. The molecule has 0 aliphatic rings. The van der Waals surface area contributed by atoms with Gasteiger partial charge < -0.3 is 5.32 Å². The molecule has 7 heteroatoms. The van der Waals surface area contributed by atoms with E-state index in [2.05, 4.69) is 21.2 Å². The molecule has 0 atom stereocenters.